The Balaban J connectivity index is 1.15. The lowest BCUT2D eigenvalue weighted by molar-refractivity contribution is 0.333. The summed E-state index contributed by atoms with van der Waals surface area (Å²) in [5.41, 5.74) is 21.7. The van der Waals surface area contributed by atoms with Crippen LogP contribution < -0.4 is 0 Å². The molecule has 17 rings (SSSR count). The van der Waals surface area contributed by atoms with Gasteiger partial charge in [-0.25, -0.2) is 0 Å². The maximum Gasteiger partial charge on any atom is 0.145 e. The van der Waals surface area contributed by atoms with Gasteiger partial charge in [-0.05, 0) is 91.0 Å². The minimum atomic E-state index is -0.205. The van der Waals surface area contributed by atoms with Gasteiger partial charge in [0, 0.05) is 56.0 Å². The summed E-state index contributed by atoms with van der Waals surface area (Å²) in [7, 11) is 0. The Morgan fingerprint density at radius 3 is 1.64 bits per heavy atom. The first-order valence-electron chi connectivity index (χ1n) is 20.6. The van der Waals surface area contributed by atoms with Crippen molar-refractivity contribution in [3.63, 3.8) is 0 Å². The molecule has 6 aliphatic carbocycles. The van der Waals surface area contributed by atoms with Crippen molar-refractivity contribution in [2.75, 3.05) is 0 Å². The van der Waals surface area contributed by atoms with Crippen molar-refractivity contribution in [2.24, 2.45) is 0 Å². The molecule has 59 heavy (non-hydrogen) atoms. The molecular weight excluding hydrogens is 719 g/mol. The summed E-state index contributed by atoms with van der Waals surface area (Å²) in [6.07, 6.45) is 0. The van der Waals surface area contributed by atoms with E-state index in [9.17, 15) is 10.5 Å². The van der Waals surface area contributed by atoms with Crippen LogP contribution in [-0.4, -0.2) is 4.40 Å². The Morgan fingerprint density at radius 1 is 0.475 bits per heavy atom. The SMILES string of the molecule is N#Cc1cc2c(c3c1C1c4ccccc4C3c3ccccc31)c1cc3c4ccccc4oc3c3c4c5c(c(C#N)cc4n2c13)C1c2ccccc2C12c1ccccc1C52. The number of para-hydroxylation sites is 1. The second-order valence-electron chi connectivity index (χ2n) is 17.5. The van der Waals surface area contributed by atoms with Crippen LogP contribution >= 0.6 is 0 Å². The molecule has 8 aromatic carbocycles. The lowest BCUT2D eigenvalue weighted by Gasteiger charge is -2.58. The van der Waals surface area contributed by atoms with Gasteiger partial charge in [-0.2, -0.15) is 10.5 Å². The number of furan rings is 1. The molecule has 2 bridgehead atoms. The van der Waals surface area contributed by atoms with Gasteiger partial charge >= 0.3 is 0 Å². The Hall–Kier alpha value is -7.66. The van der Waals surface area contributed by atoms with E-state index in [0.717, 1.165) is 60.6 Å². The first kappa shape index (κ1) is 29.6. The summed E-state index contributed by atoms with van der Waals surface area (Å²) in [4.78, 5) is 0. The fraction of sp³-hybridized carbons (Fsp3) is 0.0909. The quantitative estimate of drug-likeness (QED) is 0.155. The molecule has 6 aliphatic rings. The number of hydrogen-bond acceptors (Lipinski definition) is 3. The average Bonchev–Trinajstić information content (AvgIpc) is 3.98. The van der Waals surface area contributed by atoms with Crippen LogP contribution in [0.3, 0.4) is 0 Å². The lowest BCUT2D eigenvalue weighted by Crippen LogP contribution is -2.52. The van der Waals surface area contributed by atoms with Gasteiger partial charge in [0.05, 0.1) is 45.2 Å². The average molecular weight is 746 g/mol. The van der Waals surface area contributed by atoms with Crippen molar-refractivity contribution in [1.29, 1.82) is 10.5 Å². The van der Waals surface area contributed by atoms with Crippen LogP contribution in [-0.2, 0) is 5.41 Å². The third-order valence-electron chi connectivity index (χ3n) is 15.6. The van der Waals surface area contributed by atoms with Gasteiger partial charge in [0.25, 0.3) is 0 Å². The largest absolute Gasteiger partial charge is 0.455 e. The molecule has 0 saturated heterocycles. The number of hydrogen-bond donors (Lipinski definition) is 0. The Morgan fingerprint density at radius 2 is 1.00 bits per heavy atom. The van der Waals surface area contributed by atoms with Gasteiger partial charge in [-0.1, -0.05) is 115 Å². The molecule has 1 spiro atoms. The van der Waals surface area contributed by atoms with E-state index in [4.69, 9.17) is 4.42 Å². The molecule has 0 radical (unpaired) electrons. The van der Waals surface area contributed by atoms with Crippen LogP contribution in [0.5, 0.6) is 0 Å². The van der Waals surface area contributed by atoms with Crippen LogP contribution in [0.1, 0.15) is 102 Å². The van der Waals surface area contributed by atoms with Crippen molar-refractivity contribution in [3.8, 4) is 12.1 Å². The first-order chi connectivity index (χ1) is 29.2. The highest BCUT2D eigenvalue weighted by molar-refractivity contribution is 6.34. The summed E-state index contributed by atoms with van der Waals surface area (Å²) >= 11 is 0. The van der Waals surface area contributed by atoms with E-state index in [1.54, 1.807) is 0 Å². The zero-order valence-corrected chi connectivity index (χ0v) is 31.3. The van der Waals surface area contributed by atoms with Gasteiger partial charge in [0.15, 0.2) is 0 Å². The summed E-state index contributed by atoms with van der Waals surface area (Å²) in [6.45, 7) is 0. The Labute approximate surface area is 336 Å². The molecule has 0 saturated carbocycles. The zero-order chi connectivity index (χ0) is 38.2. The number of fused-ring (bicyclic) bond motifs is 18. The van der Waals surface area contributed by atoms with Crippen LogP contribution in [0.25, 0.3) is 60.0 Å². The lowest BCUT2D eigenvalue weighted by atomic mass is 9.43. The number of nitrogens with zero attached hydrogens (tertiary/aromatic N) is 3. The second kappa shape index (κ2) is 9.37. The van der Waals surface area contributed by atoms with E-state index < -0.39 is 0 Å². The van der Waals surface area contributed by atoms with Gasteiger partial charge < -0.3 is 8.82 Å². The first-order valence-corrected chi connectivity index (χ1v) is 20.6. The number of nitriles is 2. The molecule has 3 aromatic heterocycles. The zero-order valence-electron chi connectivity index (χ0n) is 31.3. The van der Waals surface area contributed by atoms with Crippen molar-refractivity contribution < 1.29 is 4.42 Å². The molecule has 3 unspecified atom stereocenters. The molecular formula is C55H27N3O. The van der Waals surface area contributed by atoms with Crippen molar-refractivity contribution in [1.82, 2.24) is 4.40 Å². The molecule has 0 fully saturated rings. The van der Waals surface area contributed by atoms with Gasteiger partial charge in [-0.15, -0.1) is 0 Å². The summed E-state index contributed by atoms with van der Waals surface area (Å²) < 4.78 is 9.44. The highest BCUT2D eigenvalue weighted by Gasteiger charge is 2.70. The summed E-state index contributed by atoms with van der Waals surface area (Å²) in [6, 6.07) is 56.2. The second-order valence-corrected chi connectivity index (χ2v) is 17.5. The van der Waals surface area contributed by atoms with Gasteiger partial charge in [0.2, 0.25) is 0 Å². The molecule has 4 heteroatoms. The predicted octanol–water partition coefficient (Wildman–Crippen LogP) is 12.4. The molecule has 4 nitrogen and oxygen atoms in total. The molecule has 3 heterocycles. The predicted molar refractivity (Wildman–Crippen MR) is 230 cm³/mol. The number of rotatable bonds is 0. The van der Waals surface area contributed by atoms with E-state index in [1.807, 2.05) is 0 Å². The van der Waals surface area contributed by atoms with E-state index in [1.165, 1.54) is 77.4 Å². The smallest absolute Gasteiger partial charge is 0.145 e. The normalized spacial score (nSPS) is 21.9. The van der Waals surface area contributed by atoms with E-state index in [2.05, 4.69) is 156 Å². The third kappa shape index (κ3) is 2.84. The van der Waals surface area contributed by atoms with Crippen molar-refractivity contribution in [2.45, 2.75) is 29.1 Å². The third-order valence-corrected chi connectivity index (χ3v) is 15.6. The van der Waals surface area contributed by atoms with Crippen LogP contribution in [0.4, 0.5) is 0 Å². The standard InChI is InChI=1S/C55H27N3O/c56-24-26-21-39-46(48-42(26)44-29-12-1-3-14-31(29)45(48)32-15-4-2-13-30(32)44)36-23-35-28-11-7-10-20-41(28)59-54(35)50-47-40(58(39)53(36)50)22-27(25-57)43-49(47)52-34-17-6-9-19-38(34)55(52)37-18-8-5-16-33(37)51(43)55/h1-23,44-45,51-52H. The fourth-order valence-corrected chi connectivity index (χ4v) is 13.9. The number of aromatic nitrogens is 1. The Bertz CT molecular complexity index is 3930. The molecule has 268 valence electrons. The summed E-state index contributed by atoms with van der Waals surface area (Å²) in [5.74, 6) is 0.149. The maximum absolute atomic E-state index is 11.2. The van der Waals surface area contributed by atoms with Gasteiger partial charge in [-0.3, -0.25) is 0 Å². The maximum atomic E-state index is 11.2. The van der Waals surface area contributed by atoms with E-state index in [0.29, 0.717) is 0 Å². The molecule has 3 atom stereocenters. The molecule has 11 aromatic rings. The van der Waals surface area contributed by atoms with E-state index >= 15 is 0 Å². The number of benzene rings is 8. The molecule has 0 aliphatic heterocycles. The molecule has 0 N–H and O–H groups in total. The van der Waals surface area contributed by atoms with Crippen LogP contribution in [0.15, 0.2) is 144 Å². The van der Waals surface area contributed by atoms with Crippen LogP contribution in [0, 0.1) is 22.7 Å². The van der Waals surface area contributed by atoms with Crippen molar-refractivity contribution >= 4 is 60.0 Å². The topological polar surface area (TPSA) is 65.1 Å². The minimum Gasteiger partial charge on any atom is -0.455 e. The van der Waals surface area contributed by atoms with Crippen LogP contribution in [0.2, 0.25) is 0 Å². The minimum absolute atomic E-state index is 0.0217. The highest BCUT2D eigenvalue weighted by atomic mass is 16.3. The Kier molecular flexibility index (Phi) is 4.70. The fourth-order valence-electron chi connectivity index (χ4n) is 13.9. The summed E-state index contributed by atoms with van der Waals surface area (Å²) in [5, 5.41) is 29.3. The van der Waals surface area contributed by atoms with Crippen molar-refractivity contribution in [3.05, 3.63) is 217 Å². The highest BCUT2D eigenvalue weighted by Crippen LogP contribution is 2.78. The van der Waals surface area contributed by atoms with Gasteiger partial charge in [0.1, 0.15) is 11.2 Å². The molecule has 0 amide bonds. The van der Waals surface area contributed by atoms with E-state index in [-0.39, 0.29) is 29.1 Å². The monoisotopic (exact) mass is 745 g/mol.